The number of carbonyl (C=O) groups excluding carboxylic acids is 1. The van der Waals surface area contributed by atoms with E-state index in [-0.39, 0.29) is 6.09 Å². The maximum absolute atomic E-state index is 11.7. The van der Waals surface area contributed by atoms with Crippen molar-refractivity contribution in [1.82, 2.24) is 5.32 Å². The van der Waals surface area contributed by atoms with Gasteiger partial charge in [-0.1, -0.05) is 95.0 Å². The molecule has 0 saturated carbocycles. The molecule has 172 valence electrons. The second kappa shape index (κ2) is 16.5. The first kappa shape index (κ1) is 25.0. The second-order valence-corrected chi connectivity index (χ2v) is 8.31. The zero-order valence-electron chi connectivity index (χ0n) is 19.4. The van der Waals surface area contributed by atoms with Crippen LogP contribution in [0, 0.1) is 0 Å². The van der Waals surface area contributed by atoms with Gasteiger partial charge < -0.3 is 14.8 Å². The van der Waals surface area contributed by atoms with Crippen molar-refractivity contribution >= 4 is 16.9 Å². The smallest absolute Gasteiger partial charge is 0.407 e. The summed E-state index contributed by atoms with van der Waals surface area (Å²) in [6.07, 6.45) is 14.4. The van der Waals surface area contributed by atoms with Gasteiger partial charge in [0, 0.05) is 6.54 Å². The van der Waals surface area contributed by atoms with Gasteiger partial charge in [-0.05, 0) is 42.2 Å². The summed E-state index contributed by atoms with van der Waals surface area (Å²) in [6.45, 7) is 4.03. The lowest BCUT2D eigenvalue weighted by Crippen LogP contribution is -2.25. The third kappa shape index (κ3) is 11.7. The van der Waals surface area contributed by atoms with Gasteiger partial charge in [-0.3, -0.25) is 0 Å². The first-order valence-electron chi connectivity index (χ1n) is 12.3. The molecule has 4 nitrogen and oxygen atoms in total. The highest BCUT2D eigenvalue weighted by Gasteiger charge is 2.02. The van der Waals surface area contributed by atoms with Crippen LogP contribution >= 0.6 is 0 Å². The summed E-state index contributed by atoms with van der Waals surface area (Å²) in [4.78, 5) is 11.7. The van der Waals surface area contributed by atoms with Crippen LogP contribution in [0.25, 0.3) is 10.8 Å². The molecular formula is C27H41NO3. The molecule has 1 amide bonds. The molecule has 0 aliphatic rings. The average molecular weight is 428 g/mol. The van der Waals surface area contributed by atoms with E-state index in [1.165, 1.54) is 68.6 Å². The Hall–Kier alpha value is -2.23. The Bertz CT molecular complexity index is 731. The van der Waals surface area contributed by atoms with E-state index in [4.69, 9.17) is 9.47 Å². The highest BCUT2D eigenvalue weighted by atomic mass is 16.5. The highest BCUT2D eigenvalue weighted by molar-refractivity contribution is 5.83. The van der Waals surface area contributed by atoms with Crippen LogP contribution in [0.2, 0.25) is 0 Å². The van der Waals surface area contributed by atoms with Crippen LogP contribution < -0.4 is 10.1 Å². The summed E-state index contributed by atoms with van der Waals surface area (Å²) < 4.78 is 11.0. The van der Waals surface area contributed by atoms with Crippen LogP contribution in [-0.2, 0) is 4.74 Å². The Balaban J connectivity index is 1.37. The number of unbranched alkanes of at least 4 members (excludes halogenated alkanes) is 10. The number of alkyl carbamates (subject to hydrolysis) is 1. The van der Waals surface area contributed by atoms with Crippen LogP contribution in [0.1, 0.15) is 84.0 Å². The molecule has 0 atom stereocenters. The van der Waals surface area contributed by atoms with E-state index in [0.29, 0.717) is 19.8 Å². The van der Waals surface area contributed by atoms with Crippen molar-refractivity contribution < 1.29 is 14.3 Å². The SMILES string of the molecule is CCCCCCCCCCCCNC(=O)OCCCCOc1ccc2ccccc2c1. The first-order valence-corrected chi connectivity index (χ1v) is 12.3. The molecule has 4 heteroatoms. The van der Waals surface area contributed by atoms with Gasteiger partial charge >= 0.3 is 6.09 Å². The number of nitrogens with one attached hydrogen (secondary N) is 1. The fraction of sp³-hybridized carbons (Fsp3) is 0.593. The number of carbonyl (C=O) groups is 1. The molecule has 0 heterocycles. The molecular weight excluding hydrogens is 386 g/mol. The van der Waals surface area contributed by atoms with Crippen molar-refractivity contribution in [3.8, 4) is 5.75 Å². The minimum atomic E-state index is -0.300. The molecule has 2 aromatic carbocycles. The second-order valence-electron chi connectivity index (χ2n) is 8.31. The molecule has 31 heavy (non-hydrogen) atoms. The maximum Gasteiger partial charge on any atom is 0.407 e. The summed E-state index contributed by atoms with van der Waals surface area (Å²) in [5.41, 5.74) is 0. The maximum atomic E-state index is 11.7. The van der Waals surface area contributed by atoms with E-state index in [9.17, 15) is 4.79 Å². The van der Waals surface area contributed by atoms with Crippen LogP contribution in [0.3, 0.4) is 0 Å². The molecule has 0 unspecified atom stereocenters. The summed E-state index contributed by atoms with van der Waals surface area (Å²) in [6, 6.07) is 14.4. The number of rotatable bonds is 17. The van der Waals surface area contributed by atoms with Crippen molar-refractivity contribution in [2.75, 3.05) is 19.8 Å². The molecule has 0 aliphatic heterocycles. The molecule has 0 fully saturated rings. The molecule has 0 bridgehead atoms. The topological polar surface area (TPSA) is 47.6 Å². The molecule has 0 spiro atoms. The monoisotopic (exact) mass is 427 g/mol. The standard InChI is InChI=1S/C27H41NO3/c1-2-3-4-5-6-7-8-9-10-13-20-28-27(29)31-22-15-14-21-30-26-19-18-24-16-11-12-17-25(24)23-26/h11-12,16-19,23H,2-10,13-15,20-22H2,1H3,(H,28,29). The predicted molar refractivity (Wildman–Crippen MR) is 130 cm³/mol. The van der Waals surface area contributed by atoms with Gasteiger partial charge in [-0.2, -0.15) is 0 Å². The fourth-order valence-corrected chi connectivity index (χ4v) is 3.67. The number of hydrogen-bond donors (Lipinski definition) is 1. The van der Waals surface area contributed by atoms with Crippen LogP contribution in [-0.4, -0.2) is 25.9 Å². The summed E-state index contributed by atoms with van der Waals surface area (Å²) in [5.74, 6) is 0.883. The summed E-state index contributed by atoms with van der Waals surface area (Å²) in [7, 11) is 0. The molecule has 0 saturated heterocycles. The normalized spacial score (nSPS) is 10.9. The van der Waals surface area contributed by atoms with Crippen LogP contribution in [0.5, 0.6) is 5.75 Å². The summed E-state index contributed by atoms with van der Waals surface area (Å²) >= 11 is 0. The highest BCUT2D eigenvalue weighted by Crippen LogP contribution is 2.20. The van der Waals surface area contributed by atoms with Gasteiger partial charge in [-0.25, -0.2) is 4.79 Å². The molecule has 0 radical (unpaired) electrons. The third-order valence-electron chi connectivity index (χ3n) is 5.56. The average Bonchev–Trinajstić information content (AvgIpc) is 2.79. The van der Waals surface area contributed by atoms with Crippen molar-refractivity contribution in [3.05, 3.63) is 42.5 Å². The largest absolute Gasteiger partial charge is 0.494 e. The number of amides is 1. The van der Waals surface area contributed by atoms with Gasteiger partial charge in [0.05, 0.1) is 13.2 Å². The van der Waals surface area contributed by atoms with Gasteiger partial charge in [-0.15, -0.1) is 0 Å². The lowest BCUT2D eigenvalue weighted by Gasteiger charge is -2.09. The lowest BCUT2D eigenvalue weighted by atomic mass is 10.1. The number of benzene rings is 2. The lowest BCUT2D eigenvalue weighted by molar-refractivity contribution is 0.141. The minimum absolute atomic E-state index is 0.300. The van der Waals surface area contributed by atoms with E-state index < -0.39 is 0 Å². The molecule has 0 aliphatic carbocycles. The zero-order chi connectivity index (χ0) is 22.0. The Kier molecular flexibility index (Phi) is 13.3. The van der Waals surface area contributed by atoms with Gasteiger partial charge in [0.2, 0.25) is 0 Å². The molecule has 2 aromatic rings. The van der Waals surface area contributed by atoms with Crippen molar-refractivity contribution in [1.29, 1.82) is 0 Å². The van der Waals surface area contributed by atoms with Gasteiger partial charge in [0.15, 0.2) is 0 Å². The molecule has 2 rings (SSSR count). The third-order valence-corrected chi connectivity index (χ3v) is 5.56. The number of ether oxygens (including phenoxy) is 2. The van der Waals surface area contributed by atoms with Crippen molar-refractivity contribution in [3.63, 3.8) is 0 Å². The number of fused-ring (bicyclic) bond motifs is 1. The number of hydrogen-bond acceptors (Lipinski definition) is 3. The molecule has 0 aromatic heterocycles. The Morgan fingerprint density at radius 3 is 2.13 bits per heavy atom. The van der Waals surface area contributed by atoms with Crippen molar-refractivity contribution in [2.24, 2.45) is 0 Å². The Morgan fingerprint density at radius 1 is 0.742 bits per heavy atom. The summed E-state index contributed by atoms with van der Waals surface area (Å²) in [5, 5.41) is 5.25. The van der Waals surface area contributed by atoms with Crippen molar-refractivity contribution in [2.45, 2.75) is 84.0 Å². The first-order chi connectivity index (χ1) is 15.3. The quantitative estimate of drug-likeness (QED) is 0.264. The zero-order valence-corrected chi connectivity index (χ0v) is 19.4. The fourth-order valence-electron chi connectivity index (χ4n) is 3.67. The predicted octanol–water partition coefficient (Wildman–Crippen LogP) is 7.65. The Labute approximate surface area is 188 Å². The molecule has 1 N–H and O–H groups in total. The van der Waals surface area contributed by atoms with E-state index >= 15 is 0 Å². The minimum Gasteiger partial charge on any atom is -0.494 e. The van der Waals surface area contributed by atoms with Crippen LogP contribution in [0.15, 0.2) is 42.5 Å². The van der Waals surface area contributed by atoms with Gasteiger partial charge in [0.25, 0.3) is 0 Å². The van der Waals surface area contributed by atoms with E-state index in [1.54, 1.807) is 0 Å². The van der Waals surface area contributed by atoms with E-state index in [0.717, 1.165) is 25.0 Å². The van der Waals surface area contributed by atoms with Gasteiger partial charge in [0.1, 0.15) is 5.75 Å². The van der Waals surface area contributed by atoms with Crippen LogP contribution in [0.4, 0.5) is 4.79 Å². The van der Waals surface area contributed by atoms with E-state index in [1.807, 2.05) is 18.2 Å². The van der Waals surface area contributed by atoms with E-state index in [2.05, 4.69) is 36.5 Å². The Morgan fingerprint density at radius 2 is 1.39 bits per heavy atom.